The minimum Gasteiger partial charge on any atom is -0.493 e. The molecule has 1 aromatic heterocycles. The Kier molecular flexibility index (Phi) is 4.62. The first-order chi connectivity index (χ1) is 11.9. The second-order valence-corrected chi connectivity index (χ2v) is 7.29. The van der Waals surface area contributed by atoms with Crippen molar-refractivity contribution >= 4 is 11.0 Å². The fourth-order valence-electron chi connectivity index (χ4n) is 2.82. The van der Waals surface area contributed by atoms with Crippen LogP contribution in [0.4, 0.5) is 0 Å². The summed E-state index contributed by atoms with van der Waals surface area (Å²) in [5.74, 6) is 0.824. The minimum absolute atomic E-state index is 0.0641. The molecule has 0 aliphatic rings. The van der Waals surface area contributed by atoms with E-state index in [9.17, 15) is 4.79 Å². The van der Waals surface area contributed by atoms with E-state index in [1.807, 2.05) is 36.4 Å². The maximum absolute atomic E-state index is 12.5. The van der Waals surface area contributed by atoms with Crippen molar-refractivity contribution in [1.29, 1.82) is 0 Å². The summed E-state index contributed by atoms with van der Waals surface area (Å²) in [6.45, 7) is 6.95. The molecule has 0 N–H and O–H groups in total. The van der Waals surface area contributed by atoms with Crippen LogP contribution in [0, 0.1) is 0 Å². The standard InChI is InChI=1S/C21H24N2O2/c1-21(2,3)15-8-7-9-16(14-15)25-13-12-18-20(24)23(4)19-11-6-5-10-17(19)22-18/h5-11,14H,12-13H2,1-4H3. The molecule has 130 valence electrons. The normalized spacial score (nSPS) is 11.7. The molecule has 0 saturated carbocycles. The van der Waals surface area contributed by atoms with Gasteiger partial charge in [0.2, 0.25) is 0 Å². The van der Waals surface area contributed by atoms with E-state index < -0.39 is 0 Å². The first kappa shape index (κ1) is 17.2. The molecular weight excluding hydrogens is 312 g/mol. The highest BCUT2D eigenvalue weighted by atomic mass is 16.5. The van der Waals surface area contributed by atoms with Crippen LogP contribution in [-0.4, -0.2) is 16.2 Å². The van der Waals surface area contributed by atoms with Gasteiger partial charge in [0.25, 0.3) is 5.56 Å². The third-order valence-electron chi connectivity index (χ3n) is 4.36. The molecule has 0 fully saturated rings. The Morgan fingerprint density at radius 1 is 1.08 bits per heavy atom. The predicted octanol–water partition coefficient (Wildman–Crippen LogP) is 3.85. The quantitative estimate of drug-likeness (QED) is 0.727. The van der Waals surface area contributed by atoms with Gasteiger partial charge in [0.1, 0.15) is 11.4 Å². The van der Waals surface area contributed by atoms with Crippen LogP contribution in [0.25, 0.3) is 11.0 Å². The Labute approximate surface area is 148 Å². The third-order valence-corrected chi connectivity index (χ3v) is 4.36. The summed E-state index contributed by atoms with van der Waals surface area (Å²) in [6.07, 6.45) is 0.483. The molecule has 0 spiro atoms. The molecule has 0 saturated heterocycles. The van der Waals surface area contributed by atoms with Gasteiger partial charge in [-0.2, -0.15) is 0 Å². The van der Waals surface area contributed by atoms with Gasteiger partial charge < -0.3 is 9.30 Å². The minimum atomic E-state index is -0.0641. The van der Waals surface area contributed by atoms with Crippen LogP contribution >= 0.6 is 0 Å². The van der Waals surface area contributed by atoms with E-state index in [1.165, 1.54) is 5.56 Å². The highest BCUT2D eigenvalue weighted by Crippen LogP contribution is 2.25. The highest BCUT2D eigenvalue weighted by Gasteiger charge is 2.14. The fraction of sp³-hybridized carbons (Fsp3) is 0.333. The van der Waals surface area contributed by atoms with Gasteiger partial charge in [-0.1, -0.05) is 45.0 Å². The average Bonchev–Trinajstić information content (AvgIpc) is 2.59. The van der Waals surface area contributed by atoms with Gasteiger partial charge in [-0.25, -0.2) is 4.98 Å². The zero-order chi connectivity index (χ0) is 18.0. The molecule has 0 atom stereocenters. The number of hydrogen-bond donors (Lipinski definition) is 0. The van der Waals surface area contributed by atoms with E-state index >= 15 is 0 Å². The summed E-state index contributed by atoms with van der Waals surface area (Å²) in [5.41, 5.74) is 3.45. The van der Waals surface area contributed by atoms with Crippen LogP contribution < -0.4 is 10.3 Å². The van der Waals surface area contributed by atoms with Crippen molar-refractivity contribution in [3.05, 3.63) is 70.1 Å². The van der Waals surface area contributed by atoms with E-state index in [0.29, 0.717) is 18.7 Å². The van der Waals surface area contributed by atoms with E-state index in [2.05, 4.69) is 37.9 Å². The molecule has 4 nitrogen and oxygen atoms in total. The molecule has 4 heteroatoms. The van der Waals surface area contributed by atoms with Crippen LogP contribution in [0.1, 0.15) is 32.0 Å². The van der Waals surface area contributed by atoms with Crippen molar-refractivity contribution in [3.63, 3.8) is 0 Å². The van der Waals surface area contributed by atoms with Gasteiger partial charge in [0.15, 0.2) is 0 Å². The molecule has 0 aliphatic carbocycles. The van der Waals surface area contributed by atoms with E-state index in [0.717, 1.165) is 16.8 Å². The SMILES string of the molecule is Cn1c(=O)c(CCOc2cccc(C(C)(C)C)c2)nc2ccccc21. The number of para-hydroxylation sites is 2. The molecule has 2 aromatic carbocycles. The molecule has 0 radical (unpaired) electrons. The van der Waals surface area contributed by atoms with E-state index in [1.54, 1.807) is 11.6 Å². The molecule has 3 aromatic rings. The smallest absolute Gasteiger partial charge is 0.272 e. The molecule has 1 heterocycles. The summed E-state index contributed by atoms with van der Waals surface area (Å²) < 4.78 is 7.52. The summed E-state index contributed by atoms with van der Waals surface area (Å²) in [4.78, 5) is 17.0. The zero-order valence-corrected chi connectivity index (χ0v) is 15.2. The lowest BCUT2D eigenvalue weighted by molar-refractivity contribution is 0.319. The monoisotopic (exact) mass is 336 g/mol. The van der Waals surface area contributed by atoms with Gasteiger partial charge in [0.05, 0.1) is 17.6 Å². The molecule has 25 heavy (non-hydrogen) atoms. The Morgan fingerprint density at radius 2 is 1.84 bits per heavy atom. The van der Waals surface area contributed by atoms with Crippen LogP contribution in [0.3, 0.4) is 0 Å². The van der Waals surface area contributed by atoms with Crippen LogP contribution in [0.5, 0.6) is 5.75 Å². The van der Waals surface area contributed by atoms with Crippen LogP contribution in [-0.2, 0) is 18.9 Å². The largest absolute Gasteiger partial charge is 0.493 e. The van der Waals surface area contributed by atoms with Gasteiger partial charge >= 0.3 is 0 Å². The van der Waals surface area contributed by atoms with Gasteiger partial charge in [-0.05, 0) is 35.2 Å². The summed E-state index contributed by atoms with van der Waals surface area (Å²) in [5, 5.41) is 0. The number of ether oxygens (including phenoxy) is 1. The summed E-state index contributed by atoms with van der Waals surface area (Å²) in [7, 11) is 1.78. The Hall–Kier alpha value is -2.62. The molecule has 0 bridgehead atoms. The average molecular weight is 336 g/mol. The lowest BCUT2D eigenvalue weighted by Gasteiger charge is -2.19. The Morgan fingerprint density at radius 3 is 2.60 bits per heavy atom. The second kappa shape index (κ2) is 6.71. The van der Waals surface area contributed by atoms with Crippen LogP contribution in [0.15, 0.2) is 53.3 Å². The van der Waals surface area contributed by atoms with Crippen molar-refractivity contribution in [3.8, 4) is 5.75 Å². The number of aryl methyl sites for hydroxylation is 1. The Bertz CT molecular complexity index is 952. The van der Waals surface area contributed by atoms with Crippen molar-refractivity contribution in [2.45, 2.75) is 32.6 Å². The lowest BCUT2D eigenvalue weighted by Crippen LogP contribution is -2.24. The third kappa shape index (κ3) is 3.73. The lowest BCUT2D eigenvalue weighted by atomic mass is 9.87. The second-order valence-electron chi connectivity index (χ2n) is 7.29. The first-order valence-corrected chi connectivity index (χ1v) is 8.54. The van der Waals surface area contributed by atoms with Gasteiger partial charge in [-0.15, -0.1) is 0 Å². The van der Waals surface area contributed by atoms with Gasteiger partial charge in [-0.3, -0.25) is 4.79 Å². The number of benzene rings is 2. The molecule has 0 unspecified atom stereocenters. The Balaban J connectivity index is 1.76. The molecule has 0 aliphatic heterocycles. The summed E-state index contributed by atoms with van der Waals surface area (Å²) >= 11 is 0. The predicted molar refractivity (Wildman–Crippen MR) is 101 cm³/mol. The number of fused-ring (bicyclic) bond motifs is 1. The molecule has 3 rings (SSSR count). The number of aromatic nitrogens is 2. The topological polar surface area (TPSA) is 44.1 Å². The first-order valence-electron chi connectivity index (χ1n) is 8.54. The fourth-order valence-corrected chi connectivity index (χ4v) is 2.82. The number of nitrogens with zero attached hydrogens (tertiary/aromatic N) is 2. The molecule has 0 amide bonds. The van der Waals surface area contributed by atoms with Crippen molar-refractivity contribution in [2.75, 3.05) is 6.61 Å². The van der Waals surface area contributed by atoms with Gasteiger partial charge in [0, 0.05) is 13.5 Å². The van der Waals surface area contributed by atoms with E-state index in [4.69, 9.17) is 4.74 Å². The van der Waals surface area contributed by atoms with Crippen molar-refractivity contribution in [1.82, 2.24) is 9.55 Å². The van der Waals surface area contributed by atoms with E-state index in [-0.39, 0.29) is 11.0 Å². The van der Waals surface area contributed by atoms with Crippen molar-refractivity contribution < 1.29 is 4.74 Å². The maximum atomic E-state index is 12.5. The number of rotatable bonds is 4. The zero-order valence-electron chi connectivity index (χ0n) is 15.2. The van der Waals surface area contributed by atoms with Crippen LogP contribution in [0.2, 0.25) is 0 Å². The number of hydrogen-bond acceptors (Lipinski definition) is 3. The van der Waals surface area contributed by atoms with Crippen molar-refractivity contribution in [2.24, 2.45) is 7.05 Å². The molecular formula is C21H24N2O2. The highest BCUT2D eigenvalue weighted by molar-refractivity contribution is 5.74. The summed E-state index contributed by atoms with van der Waals surface area (Å²) in [6, 6.07) is 15.8. The maximum Gasteiger partial charge on any atom is 0.272 e.